The van der Waals surface area contributed by atoms with Gasteiger partial charge in [0, 0.05) is 24.8 Å². The van der Waals surface area contributed by atoms with Crippen LogP contribution < -0.4 is 5.73 Å². The second-order valence-electron chi connectivity index (χ2n) is 2.04. The van der Waals surface area contributed by atoms with Crippen molar-refractivity contribution >= 4 is 16.9 Å². The Morgan fingerprint density at radius 3 is 3.11 bits per heavy atom. The zero-order valence-corrected chi connectivity index (χ0v) is 5.90. The average Bonchev–Trinajstić information content (AvgIpc) is 1.90. The summed E-state index contributed by atoms with van der Waals surface area (Å²) in [5.41, 5.74) is 5.38. The Balaban J connectivity index is 2.36. The number of rotatable bonds is 1. The fourth-order valence-corrected chi connectivity index (χ4v) is 1.41. The summed E-state index contributed by atoms with van der Waals surface area (Å²) in [6.45, 7) is 0.916. The van der Waals surface area contributed by atoms with Crippen LogP contribution in [0, 0.1) is 5.92 Å². The van der Waals surface area contributed by atoms with E-state index in [1.165, 1.54) is 11.8 Å². The number of aliphatic hydroxyl groups is 1. The van der Waals surface area contributed by atoms with Gasteiger partial charge in [0.2, 0.25) is 0 Å². The Labute approximate surface area is 58.3 Å². The van der Waals surface area contributed by atoms with E-state index in [1.807, 2.05) is 0 Å². The van der Waals surface area contributed by atoms with Gasteiger partial charge < -0.3 is 10.8 Å². The standard InChI is InChI=1S/C5H10N2OS/c6-5-7-1-4(2-8)3-9-5/h4,8H,1-3H2,(H2,6,7)/t4-/m1/s1. The second-order valence-corrected chi connectivity index (χ2v) is 3.08. The van der Waals surface area contributed by atoms with Crippen LogP contribution >= 0.6 is 11.8 Å². The van der Waals surface area contributed by atoms with Gasteiger partial charge in [-0.2, -0.15) is 0 Å². The zero-order chi connectivity index (χ0) is 6.69. The molecule has 0 aliphatic carbocycles. The van der Waals surface area contributed by atoms with E-state index in [2.05, 4.69) is 4.99 Å². The number of hydrogen-bond donors (Lipinski definition) is 2. The van der Waals surface area contributed by atoms with Gasteiger partial charge in [0.25, 0.3) is 0 Å². The Hall–Kier alpha value is -0.220. The van der Waals surface area contributed by atoms with Crippen LogP contribution in [0.25, 0.3) is 0 Å². The fourth-order valence-electron chi connectivity index (χ4n) is 0.631. The Morgan fingerprint density at radius 2 is 2.67 bits per heavy atom. The molecule has 0 amide bonds. The molecule has 4 heteroatoms. The quantitative estimate of drug-likeness (QED) is 0.532. The number of hydrogen-bond acceptors (Lipinski definition) is 4. The van der Waals surface area contributed by atoms with Gasteiger partial charge >= 0.3 is 0 Å². The number of thioether (sulfide) groups is 1. The molecule has 3 N–H and O–H groups in total. The smallest absolute Gasteiger partial charge is 0.153 e. The lowest BCUT2D eigenvalue weighted by atomic mass is 10.2. The summed E-state index contributed by atoms with van der Waals surface area (Å²) < 4.78 is 0. The lowest BCUT2D eigenvalue weighted by Gasteiger charge is -2.15. The molecule has 1 heterocycles. The summed E-state index contributed by atoms with van der Waals surface area (Å²) in [7, 11) is 0. The van der Waals surface area contributed by atoms with Crippen LogP contribution in [0.2, 0.25) is 0 Å². The van der Waals surface area contributed by atoms with Crippen LogP contribution in [0.4, 0.5) is 0 Å². The first-order valence-corrected chi connectivity index (χ1v) is 3.85. The summed E-state index contributed by atoms with van der Waals surface area (Å²) in [5, 5.41) is 9.31. The first kappa shape index (κ1) is 6.89. The van der Waals surface area contributed by atoms with Crippen molar-refractivity contribution in [3.05, 3.63) is 0 Å². The first-order valence-electron chi connectivity index (χ1n) is 2.86. The third kappa shape index (κ3) is 1.87. The third-order valence-corrected chi connectivity index (χ3v) is 2.29. The molecule has 1 atom stereocenters. The molecule has 0 aromatic heterocycles. The van der Waals surface area contributed by atoms with Gasteiger partial charge in [-0.05, 0) is 0 Å². The van der Waals surface area contributed by atoms with E-state index in [-0.39, 0.29) is 6.61 Å². The number of nitrogens with two attached hydrogens (primary N) is 1. The Morgan fingerprint density at radius 1 is 1.89 bits per heavy atom. The van der Waals surface area contributed by atoms with E-state index >= 15 is 0 Å². The van der Waals surface area contributed by atoms with Crippen molar-refractivity contribution in [1.29, 1.82) is 0 Å². The van der Waals surface area contributed by atoms with Gasteiger partial charge in [0.15, 0.2) is 5.17 Å². The van der Waals surface area contributed by atoms with E-state index < -0.39 is 0 Å². The van der Waals surface area contributed by atoms with Crippen molar-refractivity contribution in [1.82, 2.24) is 0 Å². The number of amidine groups is 1. The third-order valence-electron chi connectivity index (χ3n) is 1.23. The summed E-state index contributed by atoms with van der Waals surface area (Å²) in [6.07, 6.45) is 0. The minimum Gasteiger partial charge on any atom is -0.396 e. The monoisotopic (exact) mass is 146 g/mol. The minimum absolute atomic E-state index is 0.226. The van der Waals surface area contributed by atoms with Crippen molar-refractivity contribution in [3.8, 4) is 0 Å². The topological polar surface area (TPSA) is 58.6 Å². The first-order chi connectivity index (χ1) is 4.33. The number of nitrogens with zero attached hydrogens (tertiary/aromatic N) is 1. The predicted octanol–water partition coefficient (Wildman–Crippen LogP) is -0.344. The minimum atomic E-state index is 0.226. The highest BCUT2D eigenvalue weighted by molar-refractivity contribution is 8.13. The maximum absolute atomic E-state index is 8.65. The fraction of sp³-hybridized carbons (Fsp3) is 0.800. The molecule has 0 aromatic carbocycles. The van der Waals surface area contributed by atoms with E-state index in [1.54, 1.807) is 0 Å². The molecule has 1 aliphatic heterocycles. The maximum atomic E-state index is 8.65. The zero-order valence-electron chi connectivity index (χ0n) is 5.08. The van der Waals surface area contributed by atoms with E-state index in [9.17, 15) is 0 Å². The van der Waals surface area contributed by atoms with Gasteiger partial charge in [-0.15, -0.1) is 0 Å². The van der Waals surface area contributed by atoms with Crippen LogP contribution in [-0.4, -0.2) is 29.2 Å². The molecule has 3 nitrogen and oxygen atoms in total. The summed E-state index contributed by atoms with van der Waals surface area (Å²) in [6, 6.07) is 0. The van der Waals surface area contributed by atoms with Crippen LogP contribution in [0.1, 0.15) is 0 Å². The van der Waals surface area contributed by atoms with Gasteiger partial charge in [0.1, 0.15) is 0 Å². The van der Waals surface area contributed by atoms with Crippen LogP contribution in [0.15, 0.2) is 4.99 Å². The maximum Gasteiger partial charge on any atom is 0.153 e. The lowest BCUT2D eigenvalue weighted by Crippen LogP contribution is -2.23. The Kier molecular flexibility index (Phi) is 2.36. The predicted molar refractivity (Wildman–Crippen MR) is 39.5 cm³/mol. The molecule has 0 bridgehead atoms. The number of aliphatic hydroxyl groups excluding tert-OH is 1. The van der Waals surface area contributed by atoms with Gasteiger partial charge in [-0.1, -0.05) is 11.8 Å². The van der Waals surface area contributed by atoms with Crippen molar-refractivity contribution in [2.45, 2.75) is 0 Å². The summed E-state index contributed by atoms with van der Waals surface area (Å²) >= 11 is 1.52. The molecule has 0 unspecified atom stereocenters. The van der Waals surface area contributed by atoms with Crippen molar-refractivity contribution in [2.75, 3.05) is 18.9 Å². The van der Waals surface area contributed by atoms with Gasteiger partial charge in [0.05, 0.1) is 0 Å². The van der Waals surface area contributed by atoms with E-state index in [4.69, 9.17) is 10.8 Å². The van der Waals surface area contributed by atoms with E-state index in [0.717, 1.165) is 5.75 Å². The molecule has 0 fully saturated rings. The molecule has 1 aliphatic rings. The molecule has 0 saturated heterocycles. The molecular weight excluding hydrogens is 136 g/mol. The Bertz CT molecular complexity index is 126. The lowest BCUT2D eigenvalue weighted by molar-refractivity contribution is 0.244. The van der Waals surface area contributed by atoms with E-state index in [0.29, 0.717) is 17.6 Å². The molecule has 0 radical (unpaired) electrons. The second kappa shape index (κ2) is 3.08. The highest BCUT2D eigenvalue weighted by Gasteiger charge is 2.12. The molecular formula is C5H10N2OS. The van der Waals surface area contributed by atoms with Crippen molar-refractivity contribution in [2.24, 2.45) is 16.6 Å². The van der Waals surface area contributed by atoms with Crippen molar-refractivity contribution in [3.63, 3.8) is 0 Å². The molecule has 0 aromatic rings. The highest BCUT2D eigenvalue weighted by Crippen LogP contribution is 2.13. The highest BCUT2D eigenvalue weighted by atomic mass is 32.2. The van der Waals surface area contributed by atoms with Gasteiger partial charge in [-0.25, -0.2) is 0 Å². The summed E-state index contributed by atoms with van der Waals surface area (Å²) in [5.74, 6) is 1.23. The van der Waals surface area contributed by atoms with Crippen LogP contribution in [0.5, 0.6) is 0 Å². The number of aliphatic imine (C=N–C) groups is 1. The molecule has 0 spiro atoms. The van der Waals surface area contributed by atoms with Gasteiger partial charge in [-0.3, -0.25) is 4.99 Å². The molecule has 9 heavy (non-hydrogen) atoms. The SMILES string of the molecule is NC1=NC[C@H](CO)CS1. The largest absolute Gasteiger partial charge is 0.396 e. The molecule has 1 rings (SSSR count). The van der Waals surface area contributed by atoms with Crippen LogP contribution in [-0.2, 0) is 0 Å². The normalized spacial score (nSPS) is 27.7. The summed E-state index contributed by atoms with van der Waals surface area (Å²) in [4.78, 5) is 3.98. The molecule has 52 valence electrons. The van der Waals surface area contributed by atoms with Crippen LogP contribution in [0.3, 0.4) is 0 Å². The average molecular weight is 146 g/mol. The molecule has 0 saturated carbocycles. The van der Waals surface area contributed by atoms with Crippen molar-refractivity contribution < 1.29 is 5.11 Å².